The number of nitrogens with zero attached hydrogens (tertiary/aromatic N) is 1. The third kappa shape index (κ3) is 3.50. The molecular weight excluding hydrogens is 304 g/mol. The third-order valence-electron chi connectivity index (χ3n) is 5.32. The molecule has 0 bridgehead atoms. The number of aromatic nitrogens is 1. The first-order valence-electron chi connectivity index (χ1n) is 9.15. The van der Waals surface area contributed by atoms with Crippen LogP contribution in [-0.4, -0.2) is 11.1 Å². The maximum Gasteiger partial charge on any atom is 0.0480 e. The van der Waals surface area contributed by atoms with Crippen molar-refractivity contribution in [3.63, 3.8) is 0 Å². The van der Waals surface area contributed by atoms with Gasteiger partial charge in [-0.1, -0.05) is 57.2 Å². The molecule has 2 aromatic carbocycles. The molecule has 0 saturated carbocycles. The van der Waals surface area contributed by atoms with E-state index < -0.39 is 0 Å². The number of hydrogen-bond donors (Lipinski definition) is 1. The summed E-state index contributed by atoms with van der Waals surface area (Å²) in [7, 11) is 2.12. The lowest BCUT2D eigenvalue weighted by molar-refractivity contribution is 0.586. The van der Waals surface area contributed by atoms with E-state index in [0.717, 1.165) is 6.42 Å². The van der Waals surface area contributed by atoms with Crippen LogP contribution in [-0.2, 0) is 18.9 Å². The van der Waals surface area contributed by atoms with E-state index in [0.29, 0.717) is 12.5 Å². The lowest BCUT2D eigenvalue weighted by Gasteiger charge is -2.24. The van der Waals surface area contributed by atoms with Crippen molar-refractivity contribution in [3.8, 4) is 0 Å². The summed E-state index contributed by atoms with van der Waals surface area (Å²) >= 11 is 0. The fourth-order valence-electron chi connectivity index (χ4n) is 3.72. The van der Waals surface area contributed by atoms with Crippen LogP contribution in [0.3, 0.4) is 0 Å². The Morgan fingerprint density at radius 2 is 1.80 bits per heavy atom. The van der Waals surface area contributed by atoms with E-state index in [1.807, 2.05) is 0 Å². The van der Waals surface area contributed by atoms with E-state index in [1.165, 1.54) is 33.2 Å². The van der Waals surface area contributed by atoms with Crippen molar-refractivity contribution in [2.24, 2.45) is 12.8 Å². The molecule has 3 rings (SSSR count). The molecule has 0 amide bonds. The largest absolute Gasteiger partial charge is 0.350 e. The van der Waals surface area contributed by atoms with Gasteiger partial charge in [-0.3, -0.25) is 0 Å². The van der Waals surface area contributed by atoms with Gasteiger partial charge in [0.2, 0.25) is 0 Å². The van der Waals surface area contributed by atoms with E-state index in [4.69, 9.17) is 5.73 Å². The van der Waals surface area contributed by atoms with Gasteiger partial charge < -0.3 is 10.3 Å². The van der Waals surface area contributed by atoms with Crippen molar-refractivity contribution < 1.29 is 0 Å². The summed E-state index contributed by atoms with van der Waals surface area (Å²) in [4.78, 5) is 0. The van der Waals surface area contributed by atoms with Crippen molar-refractivity contribution in [2.75, 3.05) is 6.54 Å². The predicted octanol–water partition coefficient (Wildman–Crippen LogP) is 5.07. The van der Waals surface area contributed by atoms with Gasteiger partial charge in [-0.05, 0) is 53.6 Å². The molecule has 2 heteroatoms. The molecule has 3 aromatic rings. The highest BCUT2D eigenvalue weighted by atomic mass is 14.9. The molecular formula is C23H30N2. The third-order valence-corrected chi connectivity index (χ3v) is 5.32. The van der Waals surface area contributed by atoms with Crippen LogP contribution in [0.15, 0.2) is 48.7 Å². The van der Waals surface area contributed by atoms with Gasteiger partial charge in [-0.25, -0.2) is 0 Å². The molecule has 0 aliphatic heterocycles. The summed E-state index contributed by atoms with van der Waals surface area (Å²) in [6.45, 7) is 9.67. The highest BCUT2D eigenvalue weighted by Crippen LogP contribution is 2.31. The minimum Gasteiger partial charge on any atom is -0.350 e. The number of para-hydroxylation sites is 1. The minimum atomic E-state index is 0.154. The summed E-state index contributed by atoms with van der Waals surface area (Å²) in [5.41, 5.74) is 13.2. The quantitative estimate of drug-likeness (QED) is 0.709. The zero-order valence-electron chi connectivity index (χ0n) is 16.1. The SMILES string of the molecule is Cc1ccc(C(C)(C)C)cc1C(CN)Cc1cn(C)c2ccccc12. The smallest absolute Gasteiger partial charge is 0.0480 e. The molecule has 0 aliphatic rings. The molecule has 2 nitrogen and oxygen atoms in total. The average Bonchev–Trinajstić information content (AvgIpc) is 2.89. The van der Waals surface area contributed by atoms with E-state index in [2.05, 4.69) is 88.0 Å². The van der Waals surface area contributed by atoms with E-state index in [-0.39, 0.29) is 5.41 Å². The van der Waals surface area contributed by atoms with Crippen LogP contribution >= 0.6 is 0 Å². The molecule has 0 fully saturated rings. The highest BCUT2D eigenvalue weighted by molar-refractivity contribution is 5.84. The van der Waals surface area contributed by atoms with Gasteiger partial charge in [0.05, 0.1) is 0 Å². The monoisotopic (exact) mass is 334 g/mol. The first-order chi connectivity index (χ1) is 11.8. The predicted molar refractivity (Wildman–Crippen MR) is 108 cm³/mol. The van der Waals surface area contributed by atoms with Crippen LogP contribution in [0.2, 0.25) is 0 Å². The summed E-state index contributed by atoms with van der Waals surface area (Å²) in [5, 5.41) is 1.34. The van der Waals surface area contributed by atoms with Crippen molar-refractivity contribution in [2.45, 2.75) is 45.4 Å². The zero-order chi connectivity index (χ0) is 18.2. The Morgan fingerprint density at radius 3 is 2.48 bits per heavy atom. The Kier molecular flexibility index (Phi) is 4.75. The maximum absolute atomic E-state index is 6.22. The van der Waals surface area contributed by atoms with Crippen LogP contribution in [0.1, 0.15) is 48.9 Å². The van der Waals surface area contributed by atoms with Gasteiger partial charge in [0.1, 0.15) is 0 Å². The van der Waals surface area contributed by atoms with Gasteiger partial charge in [0, 0.05) is 30.1 Å². The minimum absolute atomic E-state index is 0.154. The first kappa shape index (κ1) is 17.8. The number of aryl methyl sites for hydroxylation is 2. The van der Waals surface area contributed by atoms with Gasteiger partial charge in [0.25, 0.3) is 0 Å². The van der Waals surface area contributed by atoms with E-state index in [9.17, 15) is 0 Å². The van der Waals surface area contributed by atoms with Gasteiger partial charge in [-0.15, -0.1) is 0 Å². The highest BCUT2D eigenvalue weighted by Gasteiger charge is 2.20. The molecule has 0 saturated heterocycles. The summed E-state index contributed by atoms with van der Waals surface area (Å²) < 4.78 is 2.22. The fourth-order valence-corrected chi connectivity index (χ4v) is 3.72. The van der Waals surface area contributed by atoms with Crippen molar-refractivity contribution in [3.05, 3.63) is 70.9 Å². The number of fused-ring (bicyclic) bond motifs is 1. The van der Waals surface area contributed by atoms with Crippen LogP contribution < -0.4 is 5.73 Å². The summed E-state index contributed by atoms with van der Waals surface area (Å²) in [5.74, 6) is 0.341. The number of rotatable bonds is 4. The lowest BCUT2D eigenvalue weighted by atomic mass is 9.81. The molecule has 1 unspecified atom stereocenters. The Bertz CT molecular complexity index is 881. The van der Waals surface area contributed by atoms with Crippen LogP contribution in [0.5, 0.6) is 0 Å². The lowest BCUT2D eigenvalue weighted by Crippen LogP contribution is -2.18. The maximum atomic E-state index is 6.22. The van der Waals surface area contributed by atoms with E-state index >= 15 is 0 Å². The van der Waals surface area contributed by atoms with E-state index in [1.54, 1.807) is 0 Å². The average molecular weight is 335 g/mol. The van der Waals surface area contributed by atoms with Gasteiger partial charge in [0.15, 0.2) is 0 Å². The number of nitrogens with two attached hydrogens (primary N) is 1. The molecule has 25 heavy (non-hydrogen) atoms. The molecule has 1 heterocycles. The Balaban J connectivity index is 2.00. The normalized spacial score (nSPS) is 13.4. The zero-order valence-corrected chi connectivity index (χ0v) is 16.1. The van der Waals surface area contributed by atoms with Crippen LogP contribution in [0.4, 0.5) is 0 Å². The second-order valence-corrected chi connectivity index (χ2v) is 8.24. The van der Waals surface area contributed by atoms with Crippen molar-refractivity contribution in [1.29, 1.82) is 0 Å². The Morgan fingerprint density at radius 1 is 1.08 bits per heavy atom. The molecule has 2 N–H and O–H groups in total. The summed E-state index contributed by atoms with van der Waals surface area (Å²) in [6.07, 6.45) is 3.24. The Labute approximate surface area is 151 Å². The second kappa shape index (κ2) is 6.68. The summed E-state index contributed by atoms with van der Waals surface area (Å²) in [6, 6.07) is 15.5. The first-order valence-corrected chi connectivity index (χ1v) is 9.15. The van der Waals surface area contributed by atoms with Crippen molar-refractivity contribution in [1.82, 2.24) is 4.57 Å². The van der Waals surface area contributed by atoms with Crippen LogP contribution in [0, 0.1) is 6.92 Å². The Hall–Kier alpha value is -2.06. The second-order valence-electron chi connectivity index (χ2n) is 8.24. The molecule has 132 valence electrons. The molecule has 1 aromatic heterocycles. The molecule has 1 atom stereocenters. The molecule has 0 spiro atoms. The molecule has 0 radical (unpaired) electrons. The van der Waals surface area contributed by atoms with Crippen molar-refractivity contribution >= 4 is 10.9 Å². The topological polar surface area (TPSA) is 30.9 Å². The van der Waals surface area contributed by atoms with Gasteiger partial charge >= 0.3 is 0 Å². The number of hydrogen-bond acceptors (Lipinski definition) is 1. The van der Waals surface area contributed by atoms with Crippen LogP contribution in [0.25, 0.3) is 10.9 Å². The number of benzene rings is 2. The fraction of sp³-hybridized carbons (Fsp3) is 0.391. The standard InChI is InChI=1S/C23H30N2/c1-16-10-11-19(23(2,3)4)13-21(16)17(14-24)12-18-15-25(5)22-9-7-6-8-20(18)22/h6-11,13,15,17H,12,14,24H2,1-5H3. The van der Waals surface area contributed by atoms with Gasteiger partial charge in [-0.2, -0.15) is 0 Å². The molecule has 0 aliphatic carbocycles.